The summed E-state index contributed by atoms with van der Waals surface area (Å²) in [6, 6.07) is 12.7. The van der Waals surface area contributed by atoms with Crippen molar-refractivity contribution in [1.82, 2.24) is 10.6 Å². The predicted molar refractivity (Wildman–Crippen MR) is 106 cm³/mol. The second kappa shape index (κ2) is 8.86. The molecular formula is C20H20ClN3O4. The highest BCUT2D eigenvalue weighted by atomic mass is 35.5. The second-order valence-corrected chi connectivity index (χ2v) is 6.68. The van der Waals surface area contributed by atoms with Gasteiger partial charge in [-0.3, -0.25) is 14.4 Å². The summed E-state index contributed by atoms with van der Waals surface area (Å²) in [6.07, 6.45) is 0.0794. The molecule has 146 valence electrons. The molecule has 3 rings (SSSR count). The van der Waals surface area contributed by atoms with Crippen LogP contribution in [0, 0.1) is 0 Å². The van der Waals surface area contributed by atoms with Gasteiger partial charge < -0.3 is 15.4 Å². The lowest BCUT2D eigenvalue weighted by Crippen LogP contribution is -2.42. The molecule has 1 atom stereocenters. The first-order valence-corrected chi connectivity index (χ1v) is 9.15. The maximum atomic E-state index is 12.6. The normalized spacial score (nSPS) is 16.4. The van der Waals surface area contributed by atoms with Crippen LogP contribution >= 0.6 is 11.6 Å². The van der Waals surface area contributed by atoms with E-state index in [1.165, 1.54) is 4.90 Å². The molecule has 8 heteroatoms. The Labute approximate surface area is 167 Å². The molecule has 0 spiro atoms. The summed E-state index contributed by atoms with van der Waals surface area (Å²) < 4.78 is 5.09. The lowest BCUT2D eigenvalue weighted by molar-refractivity contribution is -0.121. The van der Waals surface area contributed by atoms with Crippen LogP contribution in [0.15, 0.2) is 48.5 Å². The van der Waals surface area contributed by atoms with Gasteiger partial charge in [0, 0.05) is 23.7 Å². The molecule has 0 bridgehead atoms. The van der Waals surface area contributed by atoms with E-state index < -0.39 is 6.04 Å². The number of imide groups is 1. The fourth-order valence-electron chi connectivity index (χ4n) is 2.92. The van der Waals surface area contributed by atoms with Crippen molar-refractivity contribution in [1.29, 1.82) is 0 Å². The third-order valence-electron chi connectivity index (χ3n) is 4.38. The zero-order chi connectivity index (χ0) is 20.1. The van der Waals surface area contributed by atoms with Crippen LogP contribution in [0.2, 0.25) is 5.02 Å². The van der Waals surface area contributed by atoms with Crippen LogP contribution in [0.25, 0.3) is 0 Å². The standard InChI is InChI=1S/C20H20ClN3O4/c1-28-16-8-6-15(7-9-16)24-18(25)12-17(20(24)27)22-10-11-23-19(26)13-2-4-14(21)5-3-13/h2-9,17,22H,10-12H2,1H3,(H,23,26). The van der Waals surface area contributed by atoms with Gasteiger partial charge >= 0.3 is 0 Å². The number of hydrogen-bond donors (Lipinski definition) is 2. The zero-order valence-electron chi connectivity index (χ0n) is 15.3. The Morgan fingerprint density at radius 1 is 1.11 bits per heavy atom. The number of halogens is 1. The molecule has 2 N–H and O–H groups in total. The van der Waals surface area contributed by atoms with Crippen molar-refractivity contribution in [3.63, 3.8) is 0 Å². The maximum Gasteiger partial charge on any atom is 0.251 e. The SMILES string of the molecule is COc1ccc(N2C(=O)CC(NCCNC(=O)c3ccc(Cl)cc3)C2=O)cc1. The third-order valence-corrected chi connectivity index (χ3v) is 4.64. The van der Waals surface area contributed by atoms with Crippen LogP contribution in [-0.4, -0.2) is 44.0 Å². The van der Waals surface area contributed by atoms with E-state index in [0.29, 0.717) is 35.1 Å². The number of rotatable bonds is 7. The van der Waals surface area contributed by atoms with Crippen molar-refractivity contribution in [3.8, 4) is 5.75 Å². The first-order chi connectivity index (χ1) is 13.5. The summed E-state index contributed by atoms with van der Waals surface area (Å²) in [5.74, 6) is -0.154. The Morgan fingerprint density at radius 3 is 2.43 bits per heavy atom. The number of ether oxygens (including phenoxy) is 1. The molecule has 1 saturated heterocycles. The molecule has 1 heterocycles. The lowest BCUT2D eigenvalue weighted by Gasteiger charge is -2.16. The average Bonchev–Trinajstić information content (AvgIpc) is 2.99. The third kappa shape index (κ3) is 4.49. The van der Waals surface area contributed by atoms with Gasteiger partial charge in [-0.25, -0.2) is 4.90 Å². The number of benzene rings is 2. The first-order valence-electron chi connectivity index (χ1n) is 8.77. The Kier molecular flexibility index (Phi) is 6.28. The van der Waals surface area contributed by atoms with Crippen LogP contribution in [-0.2, 0) is 9.59 Å². The molecule has 0 aliphatic carbocycles. The Hall–Kier alpha value is -2.90. The van der Waals surface area contributed by atoms with Gasteiger partial charge in [-0.15, -0.1) is 0 Å². The van der Waals surface area contributed by atoms with E-state index in [2.05, 4.69) is 10.6 Å². The van der Waals surface area contributed by atoms with E-state index in [1.807, 2.05) is 0 Å². The number of carbonyl (C=O) groups excluding carboxylic acids is 3. The molecule has 2 aromatic rings. The summed E-state index contributed by atoms with van der Waals surface area (Å²) in [7, 11) is 1.55. The minimum Gasteiger partial charge on any atom is -0.497 e. The Morgan fingerprint density at radius 2 is 1.79 bits per heavy atom. The molecule has 0 aromatic heterocycles. The van der Waals surface area contributed by atoms with Gasteiger partial charge in [0.1, 0.15) is 5.75 Å². The predicted octanol–water partition coefficient (Wildman–Crippen LogP) is 2.00. The van der Waals surface area contributed by atoms with Crippen molar-refractivity contribution < 1.29 is 19.1 Å². The van der Waals surface area contributed by atoms with Crippen LogP contribution in [0.1, 0.15) is 16.8 Å². The van der Waals surface area contributed by atoms with Crippen LogP contribution in [0.4, 0.5) is 5.69 Å². The molecule has 28 heavy (non-hydrogen) atoms. The molecule has 0 saturated carbocycles. The molecule has 3 amide bonds. The Bertz CT molecular complexity index is 868. The summed E-state index contributed by atoms with van der Waals surface area (Å²) in [5, 5.41) is 6.34. The lowest BCUT2D eigenvalue weighted by atomic mass is 10.2. The maximum absolute atomic E-state index is 12.6. The van der Waals surface area contributed by atoms with Gasteiger partial charge in [-0.1, -0.05) is 11.6 Å². The summed E-state index contributed by atoms with van der Waals surface area (Å²) >= 11 is 5.80. The van der Waals surface area contributed by atoms with Crippen molar-refractivity contribution in [3.05, 3.63) is 59.1 Å². The topological polar surface area (TPSA) is 87.7 Å². The van der Waals surface area contributed by atoms with E-state index in [9.17, 15) is 14.4 Å². The summed E-state index contributed by atoms with van der Waals surface area (Å²) in [4.78, 5) is 38.0. The smallest absolute Gasteiger partial charge is 0.251 e. The van der Waals surface area contributed by atoms with Gasteiger partial charge in [0.05, 0.1) is 25.3 Å². The van der Waals surface area contributed by atoms with Gasteiger partial charge in [0.15, 0.2) is 0 Å². The largest absolute Gasteiger partial charge is 0.497 e. The van der Waals surface area contributed by atoms with Gasteiger partial charge in [0.25, 0.3) is 11.8 Å². The number of hydrogen-bond acceptors (Lipinski definition) is 5. The number of carbonyl (C=O) groups is 3. The highest BCUT2D eigenvalue weighted by Crippen LogP contribution is 2.25. The van der Waals surface area contributed by atoms with Crippen LogP contribution in [0.5, 0.6) is 5.75 Å². The molecule has 1 aliphatic heterocycles. The molecule has 1 fully saturated rings. The van der Waals surface area contributed by atoms with Crippen LogP contribution < -0.4 is 20.3 Å². The number of nitrogens with one attached hydrogen (secondary N) is 2. The van der Waals surface area contributed by atoms with Gasteiger partial charge in [-0.05, 0) is 48.5 Å². The van der Waals surface area contributed by atoms with Crippen molar-refractivity contribution in [2.45, 2.75) is 12.5 Å². The molecule has 1 unspecified atom stereocenters. The summed E-state index contributed by atoms with van der Waals surface area (Å²) in [6.45, 7) is 0.682. The molecular weight excluding hydrogens is 382 g/mol. The molecule has 7 nitrogen and oxygen atoms in total. The van der Waals surface area contributed by atoms with E-state index in [0.717, 1.165) is 0 Å². The highest BCUT2D eigenvalue weighted by molar-refractivity contribution is 6.30. The number of methoxy groups -OCH3 is 1. The fraction of sp³-hybridized carbons (Fsp3) is 0.250. The first kappa shape index (κ1) is 19.9. The van der Waals surface area contributed by atoms with E-state index in [4.69, 9.17) is 16.3 Å². The fourth-order valence-corrected chi connectivity index (χ4v) is 3.05. The number of nitrogens with zero attached hydrogens (tertiary/aromatic N) is 1. The second-order valence-electron chi connectivity index (χ2n) is 6.24. The summed E-state index contributed by atoms with van der Waals surface area (Å²) in [5.41, 5.74) is 1.01. The minimum atomic E-state index is -0.609. The molecule has 0 radical (unpaired) electrons. The van der Waals surface area contributed by atoms with Crippen LogP contribution in [0.3, 0.4) is 0 Å². The zero-order valence-corrected chi connectivity index (χ0v) is 16.0. The van der Waals surface area contributed by atoms with Crippen molar-refractivity contribution in [2.75, 3.05) is 25.1 Å². The highest BCUT2D eigenvalue weighted by Gasteiger charge is 2.39. The van der Waals surface area contributed by atoms with E-state index >= 15 is 0 Å². The van der Waals surface area contributed by atoms with Gasteiger partial charge in [-0.2, -0.15) is 0 Å². The van der Waals surface area contributed by atoms with Crippen molar-refractivity contribution in [2.24, 2.45) is 0 Å². The molecule has 1 aliphatic rings. The van der Waals surface area contributed by atoms with E-state index in [-0.39, 0.29) is 24.1 Å². The minimum absolute atomic E-state index is 0.0794. The quantitative estimate of drug-likeness (QED) is 0.547. The monoisotopic (exact) mass is 401 g/mol. The number of anilines is 1. The number of amides is 3. The Balaban J connectivity index is 1.50. The van der Waals surface area contributed by atoms with Crippen molar-refractivity contribution >= 4 is 35.0 Å². The van der Waals surface area contributed by atoms with E-state index in [1.54, 1.807) is 55.6 Å². The molecule has 2 aromatic carbocycles. The van der Waals surface area contributed by atoms with Gasteiger partial charge in [0.2, 0.25) is 5.91 Å². The average molecular weight is 402 g/mol.